The van der Waals surface area contributed by atoms with Crippen molar-refractivity contribution in [2.24, 2.45) is 5.92 Å². The van der Waals surface area contributed by atoms with Crippen LogP contribution in [0.3, 0.4) is 0 Å². The molecule has 0 saturated heterocycles. The summed E-state index contributed by atoms with van der Waals surface area (Å²) >= 11 is 0. The van der Waals surface area contributed by atoms with Gasteiger partial charge in [-0.3, -0.25) is 4.79 Å². The van der Waals surface area contributed by atoms with Gasteiger partial charge in [0.05, 0.1) is 18.0 Å². The SMILES string of the molecule is CNC(=O)C(C)NC1CCCCC1C#N. The number of rotatable bonds is 3. The fourth-order valence-corrected chi connectivity index (χ4v) is 2.10. The Morgan fingerprint density at radius 1 is 1.47 bits per heavy atom. The summed E-state index contributed by atoms with van der Waals surface area (Å²) < 4.78 is 0. The zero-order valence-corrected chi connectivity index (χ0v) is 9.42. The third-order valence-corrected chi connectivity index (χ3v) is 3.04. The van der Waals surface area contributed by atoms with Crippen LogP contribution >= 0.6 is 0 Å². The summed E-state index contributed by atoms with van der Waals surface area (Å²) in [5.41, 5.74) is 0. The van der Waals surface area contributed by atoms with Crippen LogP contribution < -0.4 is 10.6 Å². The summed E-state index contributed by atoms with van der Waals surface area (Å²) in [6.45, 7) is 1.84. The molecule has 4 nitrogen and oxygen atoms in total. The number of hydrogen-bond donors (Lipinski definition) is 2. The Labute approximate surface area is 91.0 Å². The fraction of sp³-hybridized carbons (Fsp3) is 0.818. The molecule has 1 aliphatic carbocycles. The molecule has 3 atom stereocenters. The largest absolute Gasteiger partial charge is 0.358 e. The van der Waals surface area contributed by atoms with Gasteiger partial charge in [-0.1, -0.05) is 12.8 Å². The highest BCUT2D eigenvalue weighted by atomic mass is 16.2. The van der Waals surface area contributed by atoms with Gasteiger partial charge in [-0.05, 0) is 19.8 Å². The lowest BCUT2D eigenvalue weighted by molar-refractivity contribution is -0.122. The summed E-state index contributed by atoms with van der Waals surface area (Å²) in [5.74, 6) is 0.0446. The maximum absolute atomic E-state index is 11.3. The summed E-state index contributed by atoms with van der Waals surface area (Å²) in [7, 11) is 1.63. The number of nitrogens with zero attached hydrogens (tertiary/aromatic N) is 1. The Morgan fingerprint density at radius 3 is 2.73 bits per heavy atom. The minimum Gasteiger partial charge on any atom is -0.358 e. The van der Waals surface area contributed by atoms with Gasteiger partial charge in [0.1, 0.15) is 0 Å². The van der Waals surface area contributed by atoms with E-state index >= 15 is 0 Å². The van der Waals surface area contributed by atoms with Crippen molar-refractivity contribution >= 4 is 5.91 Å². The van der Waals surface area contributed by atoms with Crippen molar-refractivity contribution in [3.8, 4) is 6.07 Å². The number of amides is 1. The molecule has 1 fully saturated rings. The van der Waals surface area contributed by atoms with Gasteiger partial charge in [-0.15, -0.1) is 0 Å². The standard InChI is InChI=1S/C11H19N3O/c1-8(11(15)13-2)14-10-6-4-3-5-9(10)7-12/h8-10,14H,3-6H2,1-2H3,(H,13,15). The number of likely N-dealkylation sites (N-methyl/N-ethyl adjacent to an activating group) is 1. The molecule has 1 aliphatic rings. The van der Waals surface area contributed by atoms with Gasteiger partial charge in [-0.2, -0.15) is 5.26 Å². The van der Waals surface area contributed by atoms with Crippen LogP contribution in [0, 0.1) is 17.2 Å². The van der Waals surface area contributed by atoms with Crippen molar-refractivity contribution in [1.82, 2.24) is 10.6 Å². The molecule has 2 N–H and O–H groups in total. The van der Waals surface area contributed by atoms with E-state index in [4.69, 9.17) is 5.26 Å². The van der Waals surface area contributed by atoms with E-state index in [1.54, 1.807) is 7.05 Å². The van der Waals surface area contributed by atoms with Crippen molar-refractivity contribution < 1.29 is 4.79 Å². The minimum absolute atomic E-state index is 0.0164. The highest BCUT2D eigenvalue weighted by Gasteiger charge is 2.27. The monoisotopic (exact) mass is 209 g/mol. The predicted molar refractivity (Wildman–Crippen MR) is 58.0 cm³/mol. The minimum atomic E-state index is -0.214. The molecule has 84 valence electrons. The van der Waals surface area contributed by atoms with Crippen LogP contribution in [0.15, 0.2) is 0 Å². The average Bonchev–Trinajstić information content (AvgIpc) is 2.28. The second-order valence-corrected chi connectivity index (χ2v) is 4.13. The second kappa shape index (κ2) is 5.72. The van der Waals surface area contributed by atoms with E-state index in [1.807, 2.05) is 6.92 Å². The zero-order chi connectivity index (χ0) is 11.3. The van der Waals surface area contributed by atoms with E-state index in [0.29, 0.717) is 0 Å². The summed E-state index contributed by atoms with van der Waals surface area (Å²) in [6.07, 6.45) is 4.23. The molecule has 3 unspecified atom stereocenters. The molecule has 0 spiro atoms. The molecule has 0 aromatic heterocycles. The maximum Gasteiger partial charge on any atom is 0.236 e. The lowest BCUT2D eigenvalue weighted by Crippen LogP contribution is -2.49. The first-order valence-corrected chi connectivity index (χ1v) is 5.56. The predicted octanol–water partition coefficient (Wildman–Crippen LogP) is 0.793. The molecule has 0 bridgehead atoms. The molecule has 0 aliphatic heterocycles. The third kappa shape index (κ3) is 3.21. The zero-order valence-electron chi connectivity index (χ0n) is 9.42. The molecule has 0 aromatic carbocycles. The van der Waals surface area contributed by atoms with E-state index in [2.05, 4.69) is 16.7 Å². The Hall–Kier alpha value is -1.08. The molecule has 1 amide bonds. The smallest absolute Gasteiger partial charge is 0.236 e. The number of nitriles is 1. The van der Waals surface area contributed by atoms with E-state index in [-0.39, 0.29) is 23.9 Å². The first kappa shape index (κ1) is 12.0. The van der Waals surface area contributed by atoms with Crippen molar-refractivity contribution in [2.45, 2.75) is 44.7 Å². The van der Waals surface area contributed by atoms with Crippen molar-refractivity contribution in [3.63, 3.8) is 0 Å². The van der Waals surface area contributed by atoms with E-state index < -0.39 is 0 Å². The van der Waals surface area contributed by atoms with Crippen LogP contribution in [0.25, 0.3) is 0 Å². The van der Waals surface area contributed by atoms with Crippen LogP contribution in [0.5, 0.6) is 0 Å². The molecule has 0 aromatic rings. The van der Waals surface area contributed by atoms with Crippen molar-refractivity contribution in [3.05, 3.63) is 0 Å². The topological polar surface area (TPSA) is 64.9 Å². The van der Waals surface area contributed by atoms with Gasteiger partial charge < -0.3 is 10.6 Å². The summed E-state index contributed by atoms with van der Waals surface area (Å²) in [5, 5.41) is 14.8. The second-order valence-electron chi connectivity index (χ2n) is 4.13. The average molecular weight is 209 g/mol. The van der Waals surface area contributed by atoms with Crippen LogP contribution in [0.4, 0.5) is 0 Å². The number of hydrogen-bond acceptors (Lipinski definition) is 3. The Morgan fingerprint density at radius 2 is 2.13 bits per heavy atom. The molecular formula is C11H19N3O. The normalized spacial score (nSPS) is 27.8. The van der Waals surface area contributed by atoms with Gasteiger partial charge >= 0.3 is 0 Å². The van der Waals surface area contributed by atoms with E-state index in [1.165, 1.54) is 0 Å². The quantitative estimate of drug-likeness (QED) is 0.722. The van der Waals surface area contributed by atoms with Crippen LogP contribution in [0.1, 0.15) is 32.6 Å². The number of carbonyl (C=O) groups is 1. The van der Waals surface area contributed by atoms with Crippen LogP contribution in [0.2, 0.25) is 0 Å². The first-order chi connectivity index (χ1) is 7.19. The third-order valence-electron chi connectivity index (χ3n) is 3.04. The molecule has 0 radical (unpaired) electrons. The molecule has 1 rings (SSSR count). The van der Waals surface area contributed by atoms with E-state index in [0.717, 1.165) is 25.7 Å². The molecule has 4 heteroatoms. The highest BCUT2D eigenvalue weighted by molar-refractivity contribution is 5.80. The molecular weight excluding hydrogens is 190 g/mol. The molecule has 1 saturated carbocycles. The summed E-state index contributed by atoms with van der Waals surface area (Å²) in [4.78, 5) is 11.3. The Balaban J connectivity index is 2.48. The molecule has 15 heavy (non-hydrogen) atoms. The Bertz CT molecular complexity index is 259. The number of nitrogens with one attached hydrogen (secondary N) is 2. The lowest BCUT2D eigenvalue weighted by atomic mass is 9.85. The van der Waals surface area contributed by atoms with Crippen molar-refractivity contribution in [2.75, 3.05) is 7.05 Å². The first-order valence-electron chi connectivity index (χ1n) is 5.56. The highest BCUT2D eigenvalue weighted by Crippen LogP contribution is 2.23. The Kier molecular flexibility index (Phi) is 4.57. The maximum atomic E-state index is 11.3. The van der Waals surface area contributed by atoms with Crippen LogP contribution in [-0.2, 0) is 4.79 Å². The van der Waals surface area contributed by atoms with Crippen LogP contribution in [-0.4, -0.2) is 25.0 Å². The van der Waals surface area contributed by atoms with Gasteiger partial charge in [0.2, 0.25) is 5.91 Å². The number of carbonyl (C=O) groups excluding carboxylic acids is 1. The van der Waals surface area contributed by atoms with E-state index in [9.17, 15) is 4.79 Å². The van der Waals surface area contributed by atoms with Gasteiger partial charge in [0.15, 0.2) is 0 Å². The van der Waals surface area contributed by atoms with Gasteiger partial charge in [-0.25, -0.2) is 0 Å². The molecule has 0 heterocycles. The lowest BCUT2D eigenvalue weighted by Gasteiger charge is -2.29. The van der Waals surface area contributed by atoms with Crippen molar-refractivity contribution in [1.29, 1.82) is 5.26 Å². The van der Waals surface area contributed by atoms with Gasteiger partial charge in [0, 0.05) is 13.1 Å². The van der Waals surface area contributed by atoms with Gasteiger partial charge in [0.25, 0.3) is 0 Å². The summed E-state index contributed by atoms with van der Waals surface area (Å²) in [6, 6.07) is 2.29. The fourth-order valence-electron chi connectivity index (χ4n) is 2.10.